The number of nitrogens with zero attached hydrogens (tertiary/aromatic N) is 1. The second-order valence-electron chi connectivity index (χ2n) is 4.99. The summed E-state index contributed by atoms with van der Waals surface area (Å²) in [6.07, 6.45) is 5.04. The topological polar surface area (TPSA) is 52.2 Å². The molecule has 0 N–H and O–H groups in total. The van der Waals surface area contributed by atoms with Gasteiger partial charge >= 0.3 is 5.76 Å². The van der Waals surface area contributed by atoms with E-state index in [4.69, 9.17) is 4.42 Å². The van der Waals surface area contributed by atoms with Crippen LogP contribution in [0.1, 0.15) is 36.9 Å². The fourth-order valence-corrected chi connectivity index (χ4v) is 3.07. The summed E-state index contributed by atoms with van der Waals surface area (Å²) in [6.45, 7) is 0. The second kappa shape index (κ2) is 4.96. The number of benzene rings is 1. The molecule has 1 aliphatic rings. The fourth-order valence-electron chi connectivity index (χ4n) is 2.73. The monoisotopic (exact) mass is 323 g/mol. The minimum absolute atomic E-state index is 0.0455. The molecule has 0 unspecified atom stereocenters. The number of aromatic nitrogens is 1. The molecular formula is C14H14BrNO3. The predicted molar refractivity (Wildman–Crippen MR) is 75.4 cm³/mol. The number of hydrogen-bond donors (Lipinski definition) is 0. The van der Waals surface area contributed by atoms with E-state index in [1.807, 2.05) is 6.07 Å². The van der Waals surface area contributed by atoms with Gasteiger partial charge in [0.25, 0.3) is 0 Å². The van der Waals surface area contributed by atoms with Gasteiger partial charge in [-0.25, -0.2) is 9.36 Å². The maximum Gasteiger partial charge on any atom is 0.426 e. The second-order valence-corrected chi connectivity index (χ2v) is 5.90. The van der Waals surface area contributed by atoms with Crippen molar-refractivity contribution >= 4 is 32.9 Å². The number of oxazole rings is 1. The molecule has 0 aliphatic heterocycles. The Kier molecular flexibility index (Phi) is 3.31. The van der Waals surface area contributed by atoms with E-state index < -0.39 is 5.76 Å². The Morgan fingerprint density at radius 2 is 2.00 bits per heavy atom. The van der Waals surface area contributed by atoms with Gasteiger partial charge in [-0.05, 0) is 31.0 Å². The fraction of sp³-hybridized carbons (Fsp3) is 0.429. The highest BCUT2D eigenvalue weighted by Gasteiger charge is 2.26. The first-order valence-electron chi connectivity index (χ1n) is 6.52. The van der Waals surface area contributed by atoms with Crippen LogP contribution in [0.2, 0.25) is 0 Å². The lowest BCUT2D eigenvalue weighted by Gasteiger charge is -2.19. The van der Waals surface area contributed by atoms with E-state index in [1.54, 1.807) is 12.1 Å². The standard InChI is InChI=1S/C14H14BrNO3/c15-10-6-7-11-12(8-10)19-14(18)16(11)13(17)9-4-2-1-3-5-9/h6-9H,1-5H2. The smallest absolute Gasteiger partial charge is 0.407 e. The highest BCUT2D eigenvalue weighted by Crippen LogP contribution is 2.26. The molecule has 1 aromatic heterocycles. The summed E-state index contributed by atoms with van der Waals surface area (Å²) in [6, 6.07) is 5.26. The molecule has 1 heterocycles. The van der Waals surface area contributed by atoms with Crippen LogP contribution in [-0.2, 0) is 0 Å². The molecule has 1 aromatic carbocycles. The van der Waals surface area contributed by atoms with Crippen LogP contribution in [0.4, 0.5) is 0 Å². The van der Waals surface area contributed by atoms with Crippen molar-refractivity contribution in [3.63, 3.8) is 0 Å². The average molecular weight is 324 g/mol. The molecule has 5 heteroatoms. The van der Waals surface area contributed by atoms with Crippen molar-refractivity contribution < 1.29 is 9.21 Å². The Bertz CT molecular complexity index is 680. The first kappa shape index (κ1) is 12.7. The third-order valence-corrected chi connectivity index (χ3v) is 4.21. The van der Waals surface area contributed by atoms with E-state index in [0.717, 1.165) is 30.2 Å². The average Bonchev–Trinajstić information content (AvgIpc) is 2.74. The van der Waals surface area contributed by atoms with E-state index in [9.17, 15) is 9.59 Å². The van der Waals surface area contributed by atoms with Gasteiger partial charge in [0.2, 0.25) is 5.91 Å². The van der Waals surface area contributed by atoms with Crippen molar-refractivity contribution in [1.82, 2.24) is 4.57 Å². The van der Waals surface area contributed by atoms with Crippen molar-refractivity contribution in [2.24, 2.45) is 5.92 Å². The van der Waals surface area contributed by atoms with Gasteiger partial charge in [0.15, 0.2) is 5.58 Å². The molecule has 0 atom stereocenters. The molecule has 1 saturated carbocycles. The lowest BCUT2D eigenvalue weighted by molar-refractivity contribution is 0.0798. The maximum absolute atomic E-state index is 12.5. The highest BCUT2D eigenvalue weighted by atomic mass is 79.9. The summed E-state index contributed by atoms with van der Waals surface area (Å²) < 4.78 is 7.17. The Morgan fingerprint density at radius 3 is 2.74 bits per heavy atom. The number of halogens is 1. The van der Waals surface area contributed by atoms with Crippen LogP contribution >= 0.6 is 15.9 Å². The summed E-state index contributed by atoms with van der Waals surface area (Å²) >= 11 is 3.32. The first-order valence-corrected chi connectivity index (χ1v) is 7.31. The van der Waals surface area contributed by atoms with Gasteiger partial charge in [0, 0.05) is 10.4 Å². The Morgan fingerprint density at radius 1 is 1.26 bits per heavy atom. The number of fused-ring (bicyclic) bond motifs is 1. The lowest BCUT2D eigenvalue weighted by atomic mass is 9.88. The minimum atomic E-state index is -0.580. The summed E-state index contributed by atoms with van der Waals surface area (Å²) in [4.78, 5) is 24.4. The van der Waals surface area contributed by atoms with Gasteiger partial charge in [-0.3, -0.25) is 4.79 Å². The summed E-state index contributed by atoms with van der Waals surface area (Å²) in [5.74, 6) is -0.745. The van der Waals surface area contributed by atoms with Gasteiger partial charge in [-0.1, -0.05) is 35.2 Å². The third-order valence-electron chi connectivity index (χ3n) is 3.72. The van der Waals surface area contributed by atoms with Crippen molar-refractivity contribution in [2.45, 2.75) is 32.1 Å². The van der Waals surface area contributed by atoms with Crippen molar-refractivity contribution in [3.05, 3.63) is 33.2 Å². The molecule has 0 bridgehead atoms. The normalized spacial score (nSPS) is 16.9. The number of carbonyl (C=O) groups is 1. The SMILES string of the molecule is O=C(C1CCCCC1)n1c(=O)oc2cc(Br)ccc21. The molecular weight excluding hydrogens is 310 g/mol. The molecule has 1 aliphatic carbocycles. The largest absolute Gasteiger partial charge is 0.426 e. The molecule has 100 valence electrons. The molecule has 3 rings (SSSR count). The highest BCUT2D eigenvalue weighted by molar-refractivity contribution is 9.10. The van der Waals surface area contributed by atoms with Gasteiger partial charge in [-0.15, -0.1) is 0 Å². The third kappa shape index (κ3) is 2.27. The Balaban J connectivity index is 2.06. The summed E-state index contributed by atoms with van der Waals surface area (Å²) in [7, 11) is 0. The Hall–Kier alpha value is -1.36. The first-order chi connectivity index (χ1) is 9.16. The molecule has 2 aromatic rings. The van der Waals surface area contributed by atoms with Crippen LogP contribution in [0.5, 0.6) is 0 Å². The molecule has 4 nitrogen and oxygen atoms in total. The summed E-state index contributed by atoms with van der Waals surface area (Å²) in [5, 5.41) is 0. The number of rotatable bonds is 1. The lowest BCUT2D eigenvalue weighted by Crippen LogP contribution is -2.30. The van der Waals surface area contributed by atoms with Crippen molar-refractivity contribution in [3.8, 4) is 0 Å². The van der Waals surface area contributed by atoms with Gasteiger partial charge in [0.1, 0.15) is 0 Å². The zero-order valence-electron chi connectivity index (χ0n) is 10.4. The van der Waals surface area contributed by atoms with Crippen molar-refractivity contribution in [1.29, 1.82) is 0 Å². The maximum atomic E-state index is 12.5. The van der Waals surface area contributed by atoms with E-state index >= 15 is 0 Å². The minimum Gasteiger partial charge on any atom is -0.407 e. The van der Waals surface area contributed by atoms with Crippen LogP contribution in [0.25, 0.3) is 11.1 Å². The van der Waals surface area contributed by atoms with Crippen LogP contribution in [0, 0.1) is 5.92 Å². The number of carbonyl (C=O) groups excluding carboxylic acids is 1. The molecule has 0 saturated heterocycles. The van der Waals surface area contributed by atoms with Gasteiger partial charge < -0.3 is 4.42 Å². The molecule has 19 heavy (non-hydrogen) atoms. The van der Waals surface area contributed by atoms with Crippen molar-refractivity contribution in [2.75, 3.05) is 0 Å². The quantitative estimate of drug-likeness (QED) is 0.806. The Labute approximate surface area is 118 Å². The van der Waals surface area contributed by atoms with Crippen LogP contribution in [0.3, 0.4) is 0 Å². The van der Waals surface area contributed by atoms with E-state index in [0.29, 0.717) is 11.1 Å². The van der Waals surface area contributed by atoms with E-state index in [-0.39, 0.29) is 11.8 Å². The van der Waals surface area contributed by atoms with Gasteiger partial charge in [-0.2, -0.15) is 0 Å². The summed E-state index contributed by atoms with van der Waals surface area (Å²) in [5.41, 5.74) is 1.01. The van der Waals surface area contributed by atoms with E-state index in [2.05, 4.69) is 15.9 Å². The molecule has 1 fully saturated rings. The zero-order chi connectivity index (χ0) is 13.4. The predicted octanol–water partition coefficient (Wildman–Crippen LogP) is 3.58. The van der Waals surface area contributed by atoms with Crippen LogP contribution < -0.4 is 5.76 Å². The zero-order valence-corrected chi connectivity index (χ0v) is 12.0. The molecule has 0 spiro atoms. The molecule has 0 radical (unpaired) electrons. The van der Waals surface area contributed by atoms with E-state index in [1.165, 1.54) is 11.0 Å². The van der Waals surface area contributed by atoms with Gasteiger partial charge in [0.05, 0.1) is 5.52 Å². The van der Waals surface area contributed by atoms with Crippen LogP contribution in [0.15, 0.2) is 31.9 Å². The van der Waals surface area contributed by atoms with Crippen LogP contribution in [-0.4, -0.2) is 10.5 Å². The number of hydrogen-bond acceptors (Lipinski definition) is 3. The molecule has 0 amide bonds.